The van der Waals surface area contributed by atoms with Crippen LogP contribution in [0.3, 0.4) is 0 Å². The Bertz CT molecular complexity index is 380. The van der Waals surface area contributed by atoms with Gasteiger partial charge in [0.05, 0.1) is 12.1 Å². The van der Waals surface area contributed by atoms with Crippen molar-refractivity contribution in [3.8, 4) is 0 Å². The second-order valence-corrected chi connectivity index (χ2v) is 4.50. The molecule has 1 saturated heterocycles. The van der Waals surface area contributed by atoms with E-state index in [-0.39, 0.29) is 0 Å². The molecule has 0 bridgehead atoms. The van der Waals surface area contributed by atoms with Crippen LogP contribution in [0.15, 0.2) is 12.4 Å². The van der Waals surface area contributed by atoms with E-state index in [1.54, 1.807) is 12.4 Å². The van der Waals surface area contributed by atoms with Gasteiger partial charge in [0.25, 0.3) is 0 Å². The van der Waals surface area contributed by atoms with Gasteiger partial charge < -0.3 is 15.8 Å². The first-order valence-electron chi connectivity index (χ1n) is 5.79. The molecular formula is C11H16N4O. The highest BCUT2D eigenvalue weighted by molar-refractivity contribution is 5.55. The standard InChI is InChI=1S/C11H16N4O/c12-10-11(14-5-4-13-10)15-8-3-6-16-9(8)7-1-2-7/h4-5,7-9H,1-3,6H2,(H2,12,13)(H,14,15). The maximum absolute atomic E-state index is 5.76. The van der Waals surface area contributed by atoms with E-state index in [0.29, 0.717) is 23.8 Å². The van der Waals surface area contributed by atoms with Crippen LogP contribution in [0, 0.1) is 5.92 Å². The molecule has 1 aliphatic carbocycles. The average molecular weight is 220 g/mol. The lowest BCUT2D eigenvalue weighted by Crippen LogP contribution is -2.31. The third kappa shape index (κ3) is 1.82. The lowest BCUT2D eigenvalue weighted by molar-refractivity contribution is 0.0898. The van der Waals surface area contributed by atoms with E-state index in [2.05, 4.69) is 15.3 Å². The summed E-state index contributed by atoms with van der Waals surface area (Å²) in [7, 11) is 0. The van der Waals surface area contributed by atoms with Crippen molar-refractivity contribution in [1.29, 1.82) is 0 Å². The zero-order chi connectivity index (χ0) is 11.0. The number of aromatic nitrogens is 2. The van der Waals surface area contributed by atoms with Crippen LogP contribution in [0.4, 0.5) is 11.6 Å². The van der Waals surface area contributed by atoms with Gasteiger partial charge in [-0.15, -0.1) is 0 Å². The number of rotatable bonds is 3. The van der Waals surface area contributed by atoms with E-state index >= 15 is 0 Å². The molecule has 5 nitrogen and oxygen atoms in total. The average Bonchev–Trinajstić information content (AvgIpc) is 3.03. The highest BCUT2D eigenvalue weighted by Gasteiger charge is 2.40. The Morgan fingerprint density at radius 1 is 1.25 bits per heavy atom. The van der Waals surface area contributed by atoms with Crippen molar-refractivity contribution in [3.63, 3.8) is 0 Å². The Hall–Kier alpha value is -1.36. The van der Waals surface area contributed by atoms with Crippen LogP contribution in [0.25, 0.3) is 0 Å². The van der Waals surface area contributed by atoms with Crippen LogP contribution in [0.5, 0.6) is 0 Å². The molecule has 1 aliphatic heterocycles. The number of nitrogen functional groups attached to an aromatic ring is 1. The molecule has 0 amide bonds. The lowest BCUT2D eigenvalue weighted by atomic mass is 10.1. The van der Waals surface area contributed by atoms with Gasteiger partial charge in [0.1, 0.15) is 0 Å². The largest absolute Gasteiger partial charge is 0.381 e. The Kier molecular flexibility index (Phi) is 2.40. The lowest BCUT2D eigenvalue weighted by Gasteiger charge is -2.20. The summed E-state index contributed by atoms with van der Waals surface area (Å²) in [4.78, 5) is 8.22. The fraction of sp³-hybridized carbons (Fsp3) is 0.636. The van der Waals surface area contributed by atoms with Crippen molar-refractivity contribution in [2.24, 2.45) is 5.92 Å². The molecule has 16 heavy (non-hydrogen) atoms. The van der Waals surface area contributed by atoms with E-state index in [9.17, 15) is 0 Å². The molecule has 2 unspecified atom stereocenters. The van der Waals surface area contributed by atoms with Gasteiger partial charge in [0, 0.05) is 19.0 Å². The second-order valence-electron chi connectivity index (χ2n) is 4.50. The number of ether oxygens (including phenoxy) is 1. The number of nitrogens with zero attached hydrogens (tertiary/aromatic N) is 2. The van der Waals surface area contributed by atoms with E-state index in [0.717, 1.165) is 18.9 Å². The Labute approximate surface area is 94.4 Å². The monoisotopic (exact) mass is 220 g/mol. The zero-order valence-electron chi connectivity index (χ0n) is 9.10. The van der Waals surface area contributed by atoms with Crippen LogP contribution in [-0.4, -0.2) is 28.7 Å². The fourth-order valence-electron chi connectivity index (χ4n) is 2.29. The molecule has 3 N–H and O–H groups in total. The van der Waals surface area contributed by atoms with Crippen molar-refractivity contribution in [3.05, 3.63) is 12.4 Å². The maximum atomic E-state index is 5.76. The summed E-state index contributed by atoms with van der Waals surface area (Å²) >= 11 is 0. The number of nitrogens with one attached hydrogen (secondary N) is 1. The van der Waals surface area contributed by atoms with E-state index in [4.69, 9.17) is 10.5 Å². The predicted molar refractivity (Wildman–Crippen MR) is 60.9 cm³/mol. The van der Waals surface area contributed by atoms with E-state index < -0.39 is 0 Å². The molecule has 2 fully saturated rings. The molecule has 1 aromatic rings. The van der Waals surface area contributed by atoms with E-state index in [1.165, 1.54) is 12.8 Å². The molecule has 2 aliphatic rings. The van der Waals surface area contributed by atoms with Crippen molar-refractivity contribution in [2.45, 2.75) is 31.4 Å². The molecule has 3 rings (SSSR count). The van der Waals surface area contributed by atoms with E-state index in [1.807, 2.05) is 0 Å². The summed E-state index contributed by atoms with van der Waals surface area (Å²) in [6.07, 6.45) is 7.20. The van der Waals surface area contributed by atoms with Gasteiger partial charge in [0.2, 0.25) is 0 Å². The number of hydrogen-bond donors (Lipinski definition) is 2. The van der Waals surface area contributed by atoms with Crippen LogP contribution in [0.1, 0.15) is 19.3 Å². The Morgan fingerprint density at radius 3 is 2.81 bits per heavy atom. The molecular weight excluding hydrogens is 204 g/mol. The smallest absolute Gasteiger partial charge is 0.169 e. The minimum Gasteiger partial charge on any atom is -0.381 e. The van der Waals surface area contributed by atoms with Crippen molar-refractivity contribution < 1.29 is 4.74 Å². The Balaban J connectivity index is 1.71. The van der Waals surface area contributed by atoms with Gasteiger partial charge in [-0.25, -0.2) is 9.97 Å². The van der Waals surface area contributed by atoms with Gasteiger partial charge in [-0.1, -0.05) is 0 Å². The summed E-state index contributed by atoms with van der Waals surface area (Å²) < 4.78 is 5.75. The molecule has 0 radical (unpaired) electrons. The Morgan fingerprint density at radius 2 is 2.06 bits per heavy atom. The quantitative estimate of drug-likeness (QED) is 0.796. The minimum absolute atomic E-state index is 0.335. The normalized spacial score (nSPS) is 29.2. The zero-order valence-corrected chi connectivity index (χ0v) is 9.10. The minimum atomic E-state index is 0.335. The topological polar surface area (TPSA) is 73.1 Å². The van der Waals surface area contributed by atoms with Gasteiger partial charge in [-0.3, -0.25) is 0 Å². The molecule has 86 valence electrons. The third-order valence-corrected chi connectivity index (χ3v) is 3.27. The molecule has 1 saturated carbocycles. The SMILES string of the molecule is Nc1nccnc1NC1CCOC1C1CC1. The van der Waals surface area contributed by atoms with Gasteiger partial charge in [-0.05, 0) is 25.2 Å². The van der Waals surface area contributed by atoms with Crippen molar-refractivity contribution >= 4 is 11.6 Å². The van der Waals surface area contributed by atoms with Crippen molar-refractivity contribution in [1.82, 2.24) is 9.97 Å². The highest BCUT2D eigenvalue weighted by atomic mass is 16.5. The van der Waals surface area contributed by atoms with Crippen LogP contribution in [-0.2, 0) is 4.74 Å². The van der Waals surface area contributed by atoms with Gasteiger partial charge in [-0.2, -0.15) is 0 Å². The van der Waals surface area contributed by atoms with Gasteiger partial charge >= 0.3 is 0 Å². The molecule has 0 spiro atoms. The highest BCUT2D eigenvalue weighted by Crippen LogP contribution is 2.39. The predicted octanol–water partition coefficient (Wildman–Crippen LogP) is 1.04. The maximum Gasteiger partial charge on any atom is 0.169 e. The van der Waals surface area contributed by atoms with Crippen LogP contribution >= 0.6 is 0 Å². The number of anilines is 2. The number of hydrogen-bond acceptors (Lipinski definition) is 5. The molecule has 5 heteroatoms. The molecule has 2 heterocycles. The summed E-state index contributed by atoms with van der Waals surface area (Å²) in [5.41, 5.74) is 5.76. The summed E-state index contributed by atoms with van der Waals surface area (Å²) in [6, 6.07) is 0.339. The summed E-state index contributed by atoms with van der Waals surface area (Å²) in [6.45, 7) is 0.832. The third-order valence-electron chi connectivity index (χ3n) is 3.27. The number of nitrogens with two attached hydrogens (primary N) is 1. The summed E-state index contributed by atoms with van der Waals surface area (Å²) in [5.74, 6) is 1.88. The van der Waals surface area contributed by atoms with Gasteiger partial charge in [0.15, 0.2) is 11.6 Å². The first kappa shape index (κ1) is 9.84. The first-order chi connectivity index (χ1) is 7.84. The molecule has 0 aromatic carbocycles. The van der Waals surface area contributed by atoms with Crippen LogP contribution in [0.2, 0.25) is 0 Å². The summed E-state index contributed by atoms with van der Waals surface area (Å²) in [5, 5.41) is 3.36. The molecule has 1 aromatic heterocycles. The second kappa shape index (κ2) is 3.90. The van der Waals surface area contributed by atoms with Crippen molar-refractivity contribution in [2.75, 3.05) is 17.7 Å². The molecule has 2 atom stereocenters. The fourth-order valence-corrected chi connectivity index (χ4v) is 2.29. The van der Waals surface area contributed by atoms with Crippen LogP contribution < -0.4 is 11.1 Å². The first-order valence-corrected chi connectivity index (χ1v) is 5.79.